The smallest absolute Gasteiger partial charge is 0.319 e. The van der Waals surface area contributed by atoms with Crippen LogP contribution >= 0.6 is 0 Å². The highest BCUT2D eigenvalue weighted by Gasteiger charge is 2.02. The van der Waals surface area contributed by atoms with Gasteiger partial charge in [-0.3, -0.25) is 4.98 Å². The fourth-order valence-corrected chi connectivity index (χ4v) is 1.64. The maximum absolute atomic E-state index is 11.7. The topological polar surface area (TPSA) is 63.2 Å². The van der Waals surface area contributed by atoms with E-state index in [0.29, 0.717) is 12.2 Å². The van der Waals surface area contributed by atoms with Gasteiger partial charge in [-0.05, 0) is 36.8 Å². The third-order valence-corrected chi connectivity index (χ3v) is 2.78. The van der Waals surface area contributed by atoms with Crippen molar-refractivity contribution in [2.75, 3.05) is 12.4 Å². The fraction of sp³-hybridized carbons (Fsp3) is 0.200. The number of hydrogen-bond acceptors (Lipinski definition) is 3. The second kappa shape index (κ2) is 6.56. The molecule has 0 radical (unpaired) electrons. The quantitative estimate of drug-likeness (QED) is 0.898. The van der Waals surface area contributed by atoms with Crippen molar-refractivity contribution in [1.29, 1.82) is 0 Å². The first-order valence-electron chi connectivity index (χ1n) is 6.28. The zero-order valence-electron chi connectivity index (χ0n) is 11.5. The van der Waals surface area contributed by atoms with Gasteiger partial charge in [0.1, 0.15) is 5.75 Å². The Labute approximate surface area is 118 Å². The summed E-state index contributed by atoms with van der Waals surface area (Å²) >= 11 is 0. The van der Waals surface area contributed by atoms with E-state index in [0.717, 1.165) is 17.0 Å². The molecule has 0 aliphatic carbocycles. The number of carbonyl (C=O) groups is 1. The maximum Gasteiger partial charge on any atom is 0.319 e. The molecule has 1 aromatic heterocycles. The van der Waals surface area contributed by atoms with Gasteiger partial charge in [0.05, 0.1) is 19.0 Å². The number of amides is 2. The van der Waals surface area contributed by atoms with Gasteiger partial charge in [0, 0.05) is 12.2 Å². The second-order valence-electron chi connectivity index (χ2n) is 4.34. The Morgan fingerprint density at radius 1 is 1.20 bits per heavy atom. The summed E-state index contributed by atoms with van der Waals surface area (Å²) < 4.78 is 5.08. The fourth-order valence-electron chi connectivity index (χ4n) is 1.64. The van der Waals surface area contributed by atoms with E-state index in [4.69, 9.17) is 4.74 Å². The molecule has 0 bridgehead atoms. The van der Waals surface area contributed by atoms with Crippen LogP contribution in [0.15, 0.2) is 42.6 Å². The molecule has 0 atom stereocenters. The molecule has 0 aliphatic rings. The molecule has 0 unspecified atom stereocenters. The lowest BCUT2D eigenvalue weighted by molar-refractivity contribution is 0.251. The molecule has 1 heterocycles. The van der Waals surface area contributed by atoms with Gasteiger partial charge in [-0.1, -0.05) is 12.1 Å². The summed E-state index contributed by atoms with van der Waals surface area (Å²) in [6.07, 6.45) is 1.63. The van der Waals surface area contributed by atoms with Gasteiger partial charge in [0.2, 0.25) is 0 Å². The SMILES string of the molecule is COc1ccc(CNC(=O)Nc2ccc(C)nc2)cc1. The minimum absolute atomic E-state index is 0.258. The van der Waals surface area contributed by atoms with Gasteiger partial charge in [0.15, 0.2) is 0 Å². The Morgan fingerprint density at radius 3 is 2.55 bits per heavy atom. The van der Waals surface area contributed by atoms with E-state index in [1.807, 2.05) is 43.3 Å². The standard InChI is InChI=1S/C15H17N3O2/c1-11-3-6-13(10-16-11)18-15(19)17-9-12-4-7-14(20-2)8-5-12/h3-8,10H,9H2,1-2H3,(H2,17,18,19). The minimum Gasteiger partial charge on any atom is -0.497 e. The van der Waals surface area contributed by atoms with Crippen molar-refractivity contribution in [3.05, 3.63) is 53.9 Å². The molecule has 2 rings (SSSR count). The summed E-state index contributed by atoms with van der Waals surface area (Å²) in [5.74, 6) is 0.795. The van der Waals surface area contributed by atoms with E-state index in [9.17, 15) is 4.79 Å². The van der Waals surface area contributed by atoms with Crippen LogP contribution in [0.2, 0.25) is 0 Å². The molecule has 2 aromatic rings. The predicted molar refractivity (Wildman–Crippen MR) is 77.8 cm³/mol. The highest BCUT2D eigenvalue weighted by Crippen LogP contribution is 2.11. The first-order valence-corrected chi connectivity index (χ1v) is 6.28. The van der Waals surface area contributed by atoms with Crippen LogP contribution in [0.25, 0.3) is 0 Å². The number of aryl methyl sites for hydroxylation is 1. The number of rotatable bonds is 4. The first kappa shape index (κ1) is 13.9. The molecule has 2 amide bonds. The van der Waals surface area contributed by atoms with Gasteiger partial charge >= 0.3 is 6.03 Å². The number of pyridine rings is 1. The predicted octanol–water partition coefficient (Wildman–Crippen LogP) is 2.72. The molecule has 0 fully saturated rings. The molecule has 5 nitrogen and oxygen atoms in total. The summed E-state index contributed by atoms with van der Waals surface area (Å²) in [4.78, 5) is 15.8. The number of nitrogens with one attached hydrogen (secondary N) is 2. The van der Waals surface area contributed by atoms with Crippen LogP contribution in [0.4, 0.5) is 10.5 Å². The van der Waals surface area contributed by atoms with Crippen LogP contribution in [0.5, 0.6) is 5.75 Å². The van der Waals surface area contributed by atoms with Crippen molar-refractivity contribution < 1.29 is 9.53 Å². The van der Waals surface area contributed by atoms with Gasteiger partial charge in [0.25, 0.3) is 0 Å². The van der Waals surface area contributed by atoms with Crippen LogP contribution in [0.1, 0.15) is 11.3 Å². The van der Waals surface area contributed by atoms with E-state index in [-0.39, 0.29) is 6.03 Å². The average Bonchev–Trinajstić information content (AvgIpc) is 2.48. The van der Waals surface area contributed by atoms with Gasteiger partial charge in [-0.15, -0.1) is 0 Å². The summed E-state index contributed by atoms with van der Waals surface area (Å²) in [7, 11) is 1.62. The van der Waals surface area contributed by atoms with Crippen molar-refractivity contribution in [3.63, 3.8) is 0 Å². The van der Waals surface area contributed by atoms with E-state index in [1.54, 1.807) is 13.3 Å². The molecule has 104 valence electrons. The number of ether oxygens (including phenoxy) is 1. The number of methoxy groups -OCH3 is 1. The van der Waals surface area contributed by atoms with Gasteiger partial charge in [-0.25, -0.2) is 4.79 Å². The van der Waals surface area contributed by atoms with Gasteiger partial charge < -0.3 is 15.4 Å². The Bertz CT molecular complexity index is 565. The zero-order valence-corrected chi connectivity index (χ0v) is 11.5. The number of carbonyl (C=O) groups excluding carboxylic acids is 1. The third-order valence-electron chi connectivity index (χ3n) is 2.78. The van der Waals surface area contributed by atoms with Crippen molar-refractivity contribution in [3.8, 4) is 5.75 Å². The Hall–Kier alpha value is -2.56. The van der Waals surface area contributed by atoms with Crippen LogP contribution in [0.3, 0.4) is 0 Å². The summed E-state index contributed by atoms with van der Waals surface area (Å²) in [6, 6.07) is 10.9. The molecular weight excluding hydrogens is 254 g/mol. The lowest BCUT2D eigenvalue weighted by atomic mass is 10.2. The highest BCUT2D eigenvalue weighted by molar-refractivity contribution is 5.88. The summed E-state index contributed by atoms with van der Waals surface area (Å²) in [5, 5.41) is 5.51. The number of aromatic nitrogens is 1. The Morgan fingerprint density at radius 2 is 1.95 bits per heavy atom. The number of benzene rings is 1. The van der Waals surface area contributed by atoms with E-state index >= 15 is 0 Å². The number of anilines is 1. The van der Waals surface area contributed by atoms with Crippen LogP contribution < -0.4 is 15.4 Å². The Kier molecular flexibility index (Phi) is 4.55. The lowest BCUT2D eigenvalue weighted by Crippen LogP contribution is -2.28. The monoisotopic (exact) mass is 271 g/mol. The molecule has 0 saturated carbocycles. The van der Waals surface area contributed by atoms with E-state index < -0.39 is 0 Å². The van der Waals surface area contributed by atoms with Crippen molar-refractivity contribution in [2.24, 2.45) is 0 Å². The molecule has 0 aliphatic heterocycles. The third kappa shape index (κ3) is 3.98. The van der Waals surface area contributed by atoms with Gasteiger partial charge in [-0.2, -0.15) is 0 Å². The molecule has 20 heavy (non-hydrogen) atoms. The Balaban J connectivity index is 1.83. The maximum atomic E-state index is 11.7. The lowest BCUT2D eigenvalue weighted by Gasteiger charge is -2.08. The van der Waals surface area contributed by atoms with Crippen LogP contribution in [-0.2, 0) is 6.54 Å². The van der Waals surface area contributed by atoms with E-state index in [2.05, 4.69) is 15.6 Å². The molecule has 5 heteroatoms. The van der Waals surface area contributed by atoms with Crippen LogP contribution in [-0.4, -0.2) is 18.1 Å². The molecular formula is C15H17N3O2. The van der Waals surface area contributed by atoms with E-state index in [1.165, 1.54) is 0 Å². The highest BCUT2D eigenvalue weighted by atomic mass is 16.5. The normalized spacial score (nSPS) is 9.90. The second-order valence-corrected chi connectivity index (χ2v) is 4.34. The van der Waals surface area contributed by atoms with Crippen molar-refractivity contribution in [1.82, 2.24) is 10.3 Å². The van der Waals surface area contributed by atoms with Crippen molar-refractivity contribution in [2.45, 2.75) is 13.5 Å². The molecule has 2 N–H and O–H groups in total. The molecule has 0 saturated heterocycles. The van der Waals surface area contributed by atoms with Crippen molar-refractivity contribution >= 4 is 11.7 Å². The first-order chi connectivity index (χ1) is 9.67. The molecule has 1 aromatic carbocycles. The van der Waals surface area contributed by atoms with Crippen LogP contribution in [0, 0.1) is 6.92 Å². The summed E-state index contributed by atoms with van der Waals surface area (Å²) in [6.45, 7) is 2.35. The zero-order chi connectivity index (χ0) is 14.4. The average molecular weight is 271 g/mol. The number of hydrogen-bond donors (Lipinski definition) is 2. The number of nitrogens with zero attached hydrogens (tertiary/aromatic N) is 1. The largest absolute Gasteiger partial charge is 0.497 e. The summed E-state index contributed by atoms with van der Waals surface area (Å²) in [5.41, 5.74) is 2.58. The minimum atomic E-state index is -0.258. The number of urea groups is 1. The molecule has 0 spiro atoms.